The third-order valence-electron chi connectivity index (χ3n) is 4.94. The Kier molecular flexibility index (Phi) is 9.39. The monoisotopic (exact) mass is 409 g/mol. The summed E-state index contributed by atoms with van der Waals surface area (Å²) in [5.74, 6) is 1.47. The van der Waals surface area contributed by atoms with Gasteiger partial charge >= 0.3 is 0 Å². The fourth-order valence-electron chi connectivity index (χ4n) is 3.06. The fraction of sp³-hybridized carbons (Fsp3) is 0.440. The van der Waals surface area contributed by atoms with Gasteiger partial charge in [-0.3, -0.25) is 0 Å². The molecule has 0 radical (unpaired) electrons. The topological polar surface area (TPSA) is 49.2 Å². The summed E-state index contributed by atoms with van der Waals surface area (Å²) in [6.45, 7) is 9.42. The maximum Gasteiger partial charge on any atom is 0.123 e. The first-order valence-electron chi connectivity index (χ1n) is 10.5. The van der Waals surface area contributed by atoms with E-state index in [0.717, 1.165) is 48.4 Å². The summed E-state index contributed by atoms with van der Waals surface area (Å²) in [5, 5.41) is 8.55. The molecule has 2 rings (SSSR count). The van der Waals surface area contributed by atoms with Crippen molar-refractivity contribution in [2.75, 3.05) is 14.2 Å². The number of rotatable bonds is 11. The van der Waals surface area contributed by atoms with Crippen LogP contribution in [0, 0.1) is 0 Å². The Balaban J connectivity index is 1.90. The smallest absolute Gasteiger partial charge is 0.123 e. The molecule has 0 spiro atoms. The van der Waals surface area contributed by atoms with Gasteiger partial charge in [-0.05, 0) is 65.5 Å². The Morgan fingerprint density at radius 1 is 0.867 bits per heavy atom. The summed E-state index contributed by atoms with van der Waals surface area (Å²) < 4.78 is 12.5. The van der Waals surface area contributed by atoms with Crippen LogP contribution in [0.5, 0.6) is 11.5 Å². The fourth-order valence-corrected chi connectivity index (χ4v) is 3.06. The third kappa shape index (κ3) is 7.90. The molecule has 1 aromatic heterocycles. The van der Waals surface area contributed by atoms with E-state index in [1.54, 1.807) is 14.2 Å². The molecule has 0 aliphatic carbocycles. The van der Waals surface area contributed by atoms with Gasteiger partial charge in [0.25, 0.3) is 0 Å². The lowest BCUT2D eigenvalue weighted by atomic mass is 10.1. The largest absolute Gasteiger partial charge is 0.497 e. The molecule has 0 unspecified atom stereocenters. The number of hydrogen-bond acceptors (Lipinski definition) is 4. The molecule has 5 heteroatoms. The average molecular weight is 410 g/mol. The maximum absolute atomic E-state index is 5.34. The molecule has 1 heterocycles. The average Bonchev–Trinajstić information content (AvgIpc) is 3.20. The number of ether oxygens (including phenoxy) is 2. The quantitative estimate of drug-likeness (QED) is 0.404. The van der Waals surface area contributed by atoms with E-state index in [2.05, 4.69) is 56.2 Å². The van der Waals surface area contributed by atoms with Crippen molar-refractivity contribution in [1.82, 2.24) is 15.0 Å². The van der Waals surface area contributed by atoms with Crippen molar-refractivity contribution in [1.29, 1.82) is 0 Å². The molecule has 0 N–H and O–H groups in total. The summed E-state index contributed by atoms with van der Waals surface area (Å²) in [7, 11) is 3.28. The highest BCUT2D eigenvalue weighted by Crippen LogP contribution is 2.28. The molecule has 1 aromatic carbocycles. The van der Waals surface area contributed by atoms with E-state index >= 15 is 0 Å². The molecule has 5 nitrogen and oxygen atoms in total. The van der Waals surface area contributed by atoms with Crippen molar-refractivity contribution in [3.63, 3.8) is 0 Å². The highest BCUT2D eigenvalue weighted by Gasteiger charge is 2.08. The van der Waals surface area contributed by atoms with Gasteiger partial charge in [0.15, 0.2) is 0 Å². The van der Waals surface area contributed by atoms with Gasteiger partial charge in [0.2, 0.25) is 0 Å². The van der Waals surface area contributed by atoms with Crippen LogP contribution in [0.1, 0.15) is 53.4 Å². The number of nitrogens with zero attached hydrogens (tertiary/aromatic N) is 3. The maximum atomic E-state index is 5.34. The van der Waals surface area contributed by atoms with Gasteiger partial charge < -0.3 is 9.47 Å². The first kappa shape index (κ1) is 23.5. The Bertz CT molecular complexity index is 881. The number of allylic oxidation sites excluding steroid dienone is 6. The molecule has 0 saturated heterocycles. The molecule has 2 aromatic rings. The van der Waals surface area contributed by atoms with Crippen LogP contribution in [0.15, 0.2) is 59.3 Å². The Labute approximate surface area is 181 Å². The lowest BCUT2D eigenvalue weighted by Gasteiger charge is -2.06. The summed E-state index contributed by atoms with van der Waals surface area (Å²) >= 11 is 0. The van der Waals surface area contributed by atoms with Crippen LogP contribution < -0.4 is 9.47 Å². The van der Waals surface area contributed by atoms with Crippen molar-refractivity contribution in [2.24, 2.45) is 0 Å². The van der Waals surface area contributed by atoms with Crippen LogP contribution in [0.3, 0.4) is 0 Å². The second-order valence-corrected chi connectivity index (χ2v) is 7.89. The molecule has 162 valence electrons. The van der Waals surface area contributed by atoms with Crippen LogP contribution in [0.25, 0.3) is 11.3 Å². The van der Waals surface area contributed by atoms with Crippen molar-refractivity contribution in [3.8, 4) is 22.8 Å². The van der Waals surface area contributed by atoms with Crippen LogP contribution in [-0.4, -0.2) is 29.2 Å². The van der Waals surface area contributed by atoms with Crippen LogP contribution in [0.4, 0.5) is 0 Å². The summed E-state index contributed by atoms with van der Waals surface area (Å²) in [4.78, 5) is 0. The molecule has 0 aliphatic rings. The van der Waals surface area contributed by atoms with Gasteiger partial charge in [-0.1, -0.05) is 40.2 Å². The van der Waals surface area contributed by atoms with Gasteiger partial charge in [-0.25, -0.2) is 4.68 Å². The number of benzene rings is 1. The third-order valence-corrected chi connectivity index (χ3v) is 4.94. The first-order chi connectivity index (χ1) is 14.4. The van der Waals surface area contributed by atoms with Crippen molar-refractivity contribution < 1.29 is 9.47 Å². The first-order valence-corrected chi connectivity index (χ1v) is 10.5. The summed E-state index contributed by atoms with van der Waals surface area (Å²) in [5.41, 5.74) is 5.95. The zero-order chi connectivity index (χ0) is 21.9. The minimum absolute atomic E-state index is 0.712. The zero-order valence-electron chi connectivity index (χ0n) is 19.2. The second-order valence-electron chi connectivity index (χ2n) is 7.89. The van der Waals surface area contributed by atoms with Crippen LogP contribution >= 0.6 is 0 Å². The molecule has 0 aliphatic heterocycles. The second kappa shape index (κ2) is 12.0. The Morgan fingerprint density at radius 2 is 1.47 bits per heavy atom. The van der Waals surface area contributed by atoms with E-state index in [1.165, 1.54) is 16.7 Å². The summed E-state index contributed by atoms with van der Waals surface area (Å²) in [6, 6.07) is 5.71. The van der Waals surface area contributed by atoms with Gasteiger partial charge in [0.1, 0.15) is 17.2 Å². The van der Waals surface area contributed by atoms with Crippen molar-refractivity contribution in [2.45, 2.75) is 59.9 Å². The molecule has 0 amide bonds. The van der Waals surface area contributed by atoms with Gasteiger partial charge in [0.05, 0.1) is 27.0 Å². The van der Waals surface area contributed by atoms with Gasteiger partial charge in [0, 0.05) is 11.6 Å². The summed E-state index contributed by atoms with van der Waals surface area (Å²) in [6.07, 6.45) is 13.3. The van der Waals surface area contributed by atoms with Crippen molar-refractivity contribution >= 4 is 0 Å². The lowest BCUT2D eigenvalue weighted by Crippen LogP contribution is -1.96. The number of hydrogen-bond donors (Lipinski definition) is 0. The normalized spacial score (nSPS) is 12.1. The highest BCUT2D eigenvalue weighted by molar-refractivity contribution is 5.63. The van der Waals surface area contributed by atoms with E-state index in [9.17, 15) is 0 Å². The molecule has 0 saturated carbocycles. The predicted molar refractivity (Wildman–Crippen MR) is 124 cm³/mol. The predicted octanol–water partition coefficient (Wildman–Crippen LogP) is 6.38. The Hall–Kier alpha value is -2.82. The molecule has 30 heavy (non-hydrogen) atoms. The molecular weight excluding hydrogens is 374 g/mol. The van der Waals surface area contributed by atoms with Gasteiger partial charge in [-0.2, -0.15) is 0 Å². The van der Waals surface area contributed by atoms with Crippen LogP contribution in [-0.2, 0) is 6.54 Å². The van der Waals surface area contributed by atoms with Crippen molar-refractivity contribution in [3.05, 3.63) is 59.3 Å². The SMILES string of the molecule is COc1cc(OC)cc(-c2cn(C/C=C(/C)CC/C=C(\C)CCC=C(C)C)nn2)c1. The minimum Gasteiger partial charge on any atom is -0.497 e. The van der Waals surface area contributed by atoms with E-state index in [4.69, 9.17) is 9.47 Å². The molecule has 0 atom stereocenters. The van der Waals surface area contributed by atoms with E-state index in [-0.39, 0.29) is 0 Å². The van der Waals surface area contributed by atoms with E-state index in [0.29, 0.717) is 6.54 Å². The molecular formula is C25H35N3O2. The lowest BCUT2D eigenvalue weighted by molar-refractivity contribution is 0.394. The van der Waals surface area contributed by atoms with E-state index in [1.807, 2.05) is 29.1 Å². The molecule has 0 fully saturated rings. The van der Waals surface area contributed by atoms with Crippen LogP contribution in [0.2, 0.25) is 0 Å². The number of methoxy groups -OCH3 is 2. The minimum atomic E-state index is 0.712. The Morgan fingerprint density at radius 3 is 2.07 bits per heavy atom. The zero-order valence-corrected chi connectivity index (χ0v) is 19.2. The van der Waals surface area contributed by atoms with Gasteiger partial charge in [-0.15, -0.1) is 5.10 Å². The highest BCUT2D eigenvalue weighted by atomic mass is 16.5. The molecule has 0 bridgehead atoms. The standard InChI is InChI=1S/C25H35N3O2/c1-19(2)9-7-10-20(3)11-8-12-21(4)13-14-28-18-25(26-27-28)22-15-23(29-5)17-24(16-22)30-6/h9,11,13,15-18H,7-8,10,12,14H2,1-6H3/b20-11+,21-13-. The number of aromatic nitrogens is 3. The van der Waals surface area contributed by atoms with E-state index < -0.39 is 0 Å².